The lowest BCUT2D eigenvalue weighted by atomic mass is 10.2. The minimum atomic E-state index is -0.155. The van der Waals surface area contributed by atoms with Gasteiger partial charge < -0.3 is 20.4 Å². The Morgan fingerprint density at radius 1 is 1.09 bits per heavy atom. The summed E-state index contributed by atoms with van der Waals surface area (Å²) in [4.78, 5) is 14.5. The molecule has 0 radical (unpaired) electrons. The van der Waals surface area contributed by atoms with Gasteiger partial charge in [-0.15, -0.1) is 11.8 Å². The summed E-state index contributed by atoms with van der Waals surface area (Å²) < 4.78 is 0. The van der Waals surface area contributed by atoms with Crippen LogP contribution in [-0.4, -0.2) is 82.3 Å². The van der Waals surface area contributed by atoms with Crippen molar-refractivity contribution >= 4 is 29.4 Å². The number of guanidine groups is 1. The molecule has 1 saturated heterocycles. The molecular formula is C24H30N8S. The number of aromatic nitrogens is 2. The van der Waals surface area contributed by atoms with Gasteiger partial charge in [0.25, 0.3) is 0 Å². The maximum absolute atomic E-state index is 4.95. The second-order valence-electron chi connectivity index (χ2n) is 8.38. The van der Waals surface area contributed by atoms with Gasteiger partial charge in [0.2, 0.25) is 5.96 Å². The van der Waals surface area contributed by atoms with Gasteiger partial charge in [-0.3, -0.25) is 5.10 Å². The van der Waals surface area contributed by atoms with Gasteiger partial charge in [-0.1, -0.05) is 54.6 Å². The number of aliphatic imine (C=N–C) groups is 2. The first-order valence-electron chi connectivity index (χ1n) is 11.4. The topological polar surface area (TPSA) is 83.9 Å². The minimum Gasteiger partial charge on any atom is -0.361 e. The highest BCUT2D eigenvalue weighted by Gasteiger charge is 2.25. The molecule has 2 aliphatic heterocycles. The van der Waals surface area contributed by atoms with Gasteiger partial charge in [-0.2, -0.15) is 5.10 Å². The summed E-state index contributed by atoms with van der Waals surface area (Å²) in [5, 5.41) is 14.8. The Labute approximate surface area is 198 Å². The largest absolute Gasteiger partial charge is 0.361 e. The van der Waals surface area contributed by atoms with E-state index in [-0.39, 0.29) is 5.50 Å². The number of H-pyrrole nitrogens is 1. The van der Waals surface area contributed by atoms with E-state index in [9.17, 15) is 0 Å². The molecule has 3 heterocycles. The van der Waals surface area contributed by atoms with Crippen molar-refractivity contribution in [3.8, 4) is 11.3 Å². The van der Waals surface area contributed by atoms with Crippen LogP contribution in [0.2, 0.25) is 0 Å². The molecule has 0 saturated carbocycles. The number of nitrogens with one attached hydrogen (secondary N) is 3. The second kappa shape index (κ2) is 10.3. The number of amidine groups is 1. The van der Waals surface area contributed by atoms with E-state index in [2.05, 4.69) is 74.1 Å². The first kappa shape index (κ1) is 21.8. The maximum Gasteiger partial charge on any atom is 0.202 e. The first-order valence-corrected chi connectivity index (χ1v) is 12.4. The summed E-state index contributed by atoms with van der Waals surface area (Å²) in [6.07, 6.45) is 9.67. The van der Waals surface area contributed by atoms with Crippen LogP contribution in [0.15, 0.2) is 70.7 Å². The molecule has 1 aliphatic carbocycles. The number of nitrogens with zero attached hydrogens (tertiary/aromatic N) is 5. The molecule has 2 aromatic rings. The Morgan fingerprint density at radius 3 is 2.73 bits per heavy atom. The van der Waals surface area contributed by atoms with Crippen molar-refractivity contribution in [1.29, 1.82) is 0 Å². The summed E-state index contributed by atoms with van der Waals surface area (Å²) >= 11 is 1.80. The third-order valence-electron chi connectivity index (χ3n) is 5.90. The fourth-order valence-electron chi connectivity index (χ4n) is 3.96. The monoisotopic (exact) mass is 462 g/mol. The molecule has 9 heteroatoms. The van der Waals surface area contributed by atoms with Crippen LogP contribution >= 0.6 is 11.8 Å². The van der Waals surface area contributed by atoms with Crippen molar-refractivity contribution in [2.75, 3.05) is 45.1 Å². The summed E-state index contributed by atoms with van der Waals surface area (Å²) in [6.45, 7) is 4.56. The van der Waals surface area contributed by atoms with Gasteiger partial charge in [0.05, 0.1) is 12.2 Å². The number of hydrogen-bond donors (Lipinski definition) is 3. The van der Waals surface area contributed by atoms with Crippen LogP contribution in [0.3, 0.4) is 0 Å². The van der Waals surface area contributed by atoms with Gasteiger partial charge >= 0.3 is 0 Å². The lowest BCUT2D eigenvalue weighted by Crippen LogP contribution is -2.54. The van der Waals surface area contributed by atoms with Crippen LogP contribution in [0.1, 0.15) is 6.42 Å². The van der Waals surface area contributed by atoms with E-state index in [1.165, 1.54) is 0 Å². The molecule has 5 rings (SSSR count). The van der Waals surface area contributed by atoms with Crippen molar-refractivity contribution in [3.05, 3.63) is 60.7 Å². The van der Waals surface area contributed by atoms with Crippen molar-refractivity contribution < 1.29 is 0 Å². The molecule has 1 aromatic heterocycles. The molecule has 1 aromatic carbocycles. The molecule has 172 valence electrons. The van der Waals surface area contributed by atoms with Gasteiger partial charge in [-0.05, 0) is 19.0 Å². The molecule has 33 heavy (non-hydrogen) atoms. The Bertz CT molecular complexity index is 1050. The van der Waals surface area contributed by atoms with Crippen LogP contribution in [-0.2, 0) is 0 Å². The molecule has 2 unspecified atom stereocenters. The summed E-state index contributed by atoms with van der Waals surface area (Å²) in [7, 11) is 2.17. The number of hydrogen-bond acceptors (Lipinski definition) is 8. The molecular weight excluding hydrogens is 432 g/mol. The number of rotatable bonds is 6. The second-order valence-corrected chi connectivity index (χ2v) is 9.68. The van der Waals surface area contributed by atoms with Gasteiger partial charge in [-0.25, -0.2) is 9.98 Å². The zero-order valence-corrected chi connectivity index (χ0v) is 19.6. The number of anilines is 1. The molecule has 8 nitrogen and oxygen atoms in total. The lowest BCUT2D eigenvalue weighted by molar-refractivity contribution is 0.212. The Hall–Kier alpha value is -3.04. The predicted molar refractivity (Wildman–Crippen MR) is 138 cm³/mol. The zero-order chi connectivity index (χ0) is 22.5. The van der Waals surface area contributed by atoms with Crippen molar-refractivity contribution in [3.63, 3.8) is 0 Å². The van der Waals surface area contributed by atoms with E-state index >= 15 is 0 Å². The highest BCUT2D eigenvalue weighted by molar-refractivity contribution is 8.00. The number of piperazine rings is 1. The average molecular weight is 463 g/mol. The van der Waals surface area contributed by atoms with Crippen LogP contribution in [0.4, 0.5) is 5.82 Å². The molecule has 0 amide bonds. The van der Waals surface area contributed by atoms with Gasteiger partial charge in [0.15, 0.2) is 5.50 Å². The van der Waals surface area contributed by atoms with E-state index < -0.39 is 0 Å². The van der Waals surface area contributed by atoms with Crippen LogP contribution < -0.4 is 10.6 Å². The average Bonchev–Trinajstić information content (AvgIpc) is 3.33. The smallest absolute Gasteiger partial charge is 0.202 e. The molecule has 3 aliphatic rings. The fraction of sp³-hybridized carbons (Fsp3) is 0.375. The van der Waals surface area contributed by atoms with Crippen molar-refractivity contribution in [1.82, 2.24) is 25.3 Å². The summed E-state index contributed by atoms with van der Waals surface area (Å²) in [5.74, 6) is 2.61. The van der Waals surface area contributed by atoms with Crippen LogP contribution in [0.25, 0.3) is 11.3 Å². The quantitative estimate of drug-likeness (QED) is 0.612. The lowest BCUT2D eigenvalue weighted by Gasteiger charge is -2.36. The highest BCUT2D eigenvalue weighted by atomic mass is 32.2. The molecule has 2 atom stereocenters. The molecule has 0 spiro atoms. The van der Waals surface area contributed by atoms with Crippen LogP contribution in [0.5, 0.6) is 0 Å². The number of aromatic amines is 1. The number of benzene rings is 1. The highest BCUT2D eigenvalue weighted by Crippen LogP contribution is 2.27. The maximum atomic E-state index is 4.95. The summed E-state index contributed by atoms with van der Waals surface area (Å²) in [6, 6.07) is 12.2. The molecule has 0 bridgehead atoms. The fourth-order valence-corrected chi connectivity index (χ4v) is 5.02. The summed E-state index contributed by atoms with van der Waals surface area (Å²) in [5.41, 5.74) is 1.95. The van der Waals surface area contributed by atoms with Gasteiger partial charge in [0.1, 0.15) is 11.7 Å². The standard InChI is InChI=1S/C24H30N8S/c1-31-12-14-32(15-13-31)23-26-22(27-24(28-23)33-19-10-6-3-7-11-19)17-25-21-16-20(29-30-21)18-8-4-2-5-9-18/h2-10,16,19,24H,11-15,17H2,1H3,(H2,25,29,30)(H,26,27,28). The van der Waals surface area contributed by atoms with Crippen molar-refractivity contribution in [2.45, 2.75) is 17.2 Å². The Kier molecular flexibility index (Phi) is 6.78. The third-order valence-corrected chi connectivity index (χ3v) is 7.05. The van der Waals surface area contributed by atoms with E-state index in [1.807, 2.05) is 24.3 Å². The Morgan fingerprint density at radius 2 is 1.94 bits per heavy atom. The van der Waals surface area contributed by atoms with Gasteiger partial charge in [0, 0.05) is 37.5 Å². The Balaban J connectivity index is 1.26. The SMILES string of the molecule is CN1CCN(C2=NC(SC3C=CC=CC3)N=C(CNc3cc(-c4ccccc4)[nH]n3)N2)CC1. The normalized spacial score (nSPS) is 23.1. The van der Waals surface area contributed by atoms with Crippen molar-refractivity contribution in [2.24, 2.45) is 9.98 Å². The first-order chi connectivity index (χ1) is 16.2. The molecule has 1 fully saturated rings. The molecule has 3 N–H and O–H groups in total. The number of thioether (sulfide) groups is 1. The number of likely N-dealkylation sites (N-methyl/N-ethyl adjacent to an activating group) is 1. The predicted octanol–water partition coefficient (Wildman–Crippen LogP) is 3.00. The third kappa shape index (κ3) is 5.66. The van der Waals surface area contributed by atoms with Crippen LogP contribution in [0, 0.1) is 0 Å². The van der Waals surface area contributed by atoms with E-state index in [1.54, 1.807) is 11.8 Å². The van der Waals surface area contributed by atoms with E-state index in [0.717, 1.165) is 61.5 Å². The van der Waals surface area contributed by atoms with E-state index in [4.69, 9.17) is 9.98 Å². The minimum absolute atomic E-state index is 0.155. The zero-order valence-electron chi connectivity index (χ0n) is 18.8. The number of allylic oxidation sites excluding steroid dienone is 3. The van der Waals surface area contributed by atoms with E-state index in [0.29, 0.717) is 11.8 Å².